The van der Waals surface area contributed by atoms with Gasteiger partial charge in [-0.05, 0) is 55.0 Å². The van der Waals surface area contributed by atoms with Crippen LogP contribution >= 0.6 is 0 Å². The summed E-state index contributed by atoms with van der Waals surface area (Å²) >= 11 is 0. The number of aryl methyl sites for hydroxylation is 1. The summed E-state index contributed by atoms with van der Waals surface area (Å²) in [6.07, 6.45) is 6.63. The minimum absolute atomic E-state index is 0.719. The van der Waals surface area contributed by atoms with Gasteiger partial charge in [0.15, 0.2) is 0 Å². The SMILES string of the molecule is Cc1cc(OCC2CCC2)ccc1/C=C/C(=O)O. The van der Waals surface area contributed by atoms with Crippen molar-refractivity contribution < 1.29 is 14.6 Å². The smallest absolute Gasteiger partial charge is 0.328 e. The first-order valence-corrected chi connectivity index (χ1v) is 6.29. The maximum Gasteiger partial charge on any atom is 0.328 e. The number of carboxylic acid groups (broad SMARTS) is 1. The molecule has 3 nitrogen and oxygen atoms in total. The van der Waals surface area contributed by atoms with Crippen LogP contribution in [0, 0.1) is 12.8 Å². The molecule has 1 fully saturated rings. The maximum absolute atomic E-state index is 10.5. The molecule has 96 valence electrons. The summed E-state index contributed by atoms with van der Waals surface area (Å²) in [4.78, 5) is 10.5. The van der Waals surface area contributed by atoms with Gasteiger partial charge in [-0.25, -0.2) is 4.79 Å². The topological polar surface area (TPSA) is 46.5 Å². The molecule has 0 saturated heterocycles. The van der Waals surface area contributed by atoms with Gasteiger partial charge in [0.1, 0.15) is 5.75 Å². The Balaban J connectivity index is 1.97. The molecule has 0 bridgehead atoms. The Hall–Kier alpha value is -1.77. The number of benzene rings is 1. The molecule has 18 heavy (non-hydrogen) atoms. The Morgan fingerprint density at radius 3 is 2.83 bits per heavy atom. The number of hydrogen-bond donors (Lipinski definition) is 1. The highest BCUT2D eigenvalue weighted by atomic mass is 16.5. The zero-order chi connectivity index (χ0) is 13.0. The van der Waals surface area contributed by atoms with Crippen LogP contribution in [0.15, 0.2) is 24.3 Å². The number of carbonyl (C=O) groups is 1. The summed E-state index contributed by atoms with van der Waals surface area (Å²) in [5.74, 6) is 0.656. The van der Waals surface area contributed by atoms with Gasteiger partial charge in [-0.15, -0.1) is 0 Å². The Kier molecular flexibility index (Phi) is 4.03. The van der Waals surface area contributed by atoms with Crippen LogP contribution in [-0.2, 0) is 4.79 Å². The van der Waals surface area contributed by atoms with Gasteiger partial charge in [-0.2, -0.15) is 0 Å². The predicted molar refractivity (Wildman–Crippen MR) is 70.7 cm³/mol. The van der Waals surface area contributed by atoms with Crippen molar-refractivity contribution in [3.05, 3.63) is 35.4 Å². The molecule has 1 aliphatic carbocycles. The van der Waals surface area contributed by atoms with Crippen molar-refractivity contribution in [1.29, 1.82) is 0 Å². The van der Waals surface area contributed by atoms with E-state index in [1.165, 1.54) is 19.3 Å². The van der Waals surface area contributed by atoms with Crippen LogP contribution < -0.4 is 4.74 Å². The first-order valence-electron chi connectivity index (χ1n) is 6.29. The Morgan fingerprint density at radius 2 is 2.28 bits per heavy atom. The second-order valence-electron chi connectivity index (χ2n) is 4.80. The highest BCUT2D eigenvalue weighted by Crippen LogP contribution is 2.27. The maximum atomic E-state index is 10.5. The quantitative estimate of drug-likeness (QED) is 0.811. The minimum atomic E-state index is -0.931. The van der Waals surface area contributed by atoms with Crippen molar-refractivity contribution in [3.63, 3.8) is 0 Å². The molecule has 1 aromatic carbocycles. The highest BCUT2D eigenvalue weighted by Gasteiger charge is 2.17. The van der Waals surface area contributed by atoms with Gasteiger partial charge in [0.25, 0.3) is 0 Å². The number of aliphatic carboxylic acids is 1. The lowest BCUT2D eigenvalue weighted by molar-refractivity contribution is -0.131. The Morgan fingerprint density at radius 1 is 1.50 bits per heavy atom. The van der Waals surface area contributed by atoms with E-state index >= 15 is 0 Å². The third kappa shape index (κ3) is 3.36. The molecule has 2 rings (SSSR count). The van der Waals surface area contributed by atoms with Gasteiger partial charge in [0, 0.05) is 6.08 Å². The molecule has 0 radical (unpaired) electrons. The summed E-state index contributed by atoms with van der Waals surface area (Å²) in [6, 6.07) is 5.75. The molecular weight excluding hydrogens is 228 g/mol. The third-order valence-electron chi connectivity index (χ3n) is 3.36. The largest absolute Gasteiger partial charge is 0.493 e. The molecule has 0 aromatic heterocycles. The molecular formula is C15H18O3. The van der Waals surface area contributed by atoms with Crippen molar-refractivity contribution in [2.24, 2.45) is 5.92 Å². The van der Waals surface area contributed by atoms with Crippen LogP contribution in [0.2, 0.25) is 0 Å². The minimum Gasteiger partial charge on any atom is -0.493 e. The van der Waals surface area contributed by atoms with Crippen LogP contribution in [0.5, 0.6) is 5.75 Å². The fraction of sp³-hybridized carbons (Fsp3) is 0.400. The average Bonchev–Trinajstić information content (AvgIpc) is 2.25. The van der Waals surface area contributed by atoms with Gasteiger partial charge in [-0.3, -0.25) is 0 Å². The standard InChI is InChI=1S/C15H18O3/c1-11-9-14(18-10-12-3-2-4-12)7-5-13(11)6-8-15(16)17/h5-9,12H,2-4,10H2,1H3,(H,16,17)/b8-6+. The first-order chi connectivity index (χ1) is 8.65. The van der Waals surface area contributed by atoms with Crippen LogP contribution in [0.3, 0.4) is 0 Å². The molecule has 1 saturated carbocycles. The monoisotopic (exact) mass is 246 g/mol. The van der Waals surface area contributed by atoms with E-state index in [0.717, 1.165) is 35.5 Å². The zero-order valence-electron chi connectivity index (χ0n) is 10.6. The van der Waals surface area contributed by atoms with Gasteiger partial charge in [0.05, 0.1) is 6.61 Å². The third-order valence-corrected chi connectivity index (χ3v) is 3.36. The highest BCUT2D eigenvalue weighted by molar-refractivity contribution is 5.85. The van der Waals surface area contributed by atoms with E-state index < -0.39 is 5.97 Å². The molecule has 0 spiro atoms. The second-order valence-corrected chi connectivity index (χ2v) is 4.80. The molecule has 0 atom stereocenters. The van der Waals surface area contributed by atoms with Gasteiger partial charge < -0.3 is 9.84 Å². The molecule has 0 heterocycles. The van der Waals surface area contributed by atoms with Gasteiger partial charge >= 0.3 is 5.97 Å². The Bertz CT molecular complexity index is 459. The van der Waals surface area contributed by atoms with Crippen LogP contribution in [0.25, 0.3) is 6.08 Å². The van der Waals surface area contributed by atoms with Gasteiger partial charge in [-0.1, -0.05) is 12.5 Å². The van der Waals surface area contributed by atoms with E-state index in [1.54, 1.807) is 6.08 Å². The lowest BCUT2D eigenvalue weighted by Gasteiger charge is -2.25. The summed E-state index contributed by atoms with van der Waals surface area (Å²) in [7, 11) is 0. The summed E-state index contributed by atoms with van der Waals surface area (Å²) in [5, 5.41) is 8.59. The van der Waals surface area contributed by atoms with Crippen molar-refractivity contribution in [1.82, 2.24) is 0 Å². The van der Waals surface area contributed by atoms with E-state index in [9.17, 15) is 4.79 Å². The van der Waals surface area contributed by atoms with Crippen LogP contribution in [-0.4, -0.2) is 17.7 Å². The number of rotatable bonds is 5. The summed E-state index contributed by atoms with van der Waals surface area (Å²) in [6.45, 7) is 2.75. The number of carboxylic acids is 1. The molecule has 0 unspecified atom stereocenters. The Labute approximate surface area is 107 Å². The normalized spacial score (nSPS) is 15.6. The van der Waals surface area contributed by atoms with Crippen LogP contribution in [0.1, 0.15) is 30.4 Å². The van der Waals surface area contributed by atoms with Crippen molar-refractivity contribution in [2.45, 2.75) is 26.2 Å². The fourth-order valence-electron chi connectivity index (χ4n) is 1.96. The fourth-order valence-corrected chi connectivity index (χ4v) is 1.96. The molecule has 1 N–H and O–H groups in total. The lowest BCUT2D eigenvalue weighted by atomic mass is 9.86. The van der Waals surface area contributed by atoms with Crippen molar-refractivity contribution in [3.8, 4) is 5.75 Å². The first kappa shape index (κ1) is 12.7. The van der Waals surface area contributed by atoms with E-state index in [0.29, 0.717) is 0 Å². The molecule has 0 aliphatic heterocycles. The summed E-state index contributed by atoms with van der Waals surface area (Å²) < 4.78 is 5.73. The van der Waals surface area contributed by atoms with Crippen molar-refractivity contribution >= 4 is 12.0 Å². The zero-order valence-corrected chi connectivity index (χ0v) is 10.6. The van der Waals surface area contributed by atoms with Gasteiger partial charge in [0.2, 0.25) is 0 Å². The second kappa shape index (κ2) is 5.71. The van der Waals surface area contributed by atoms with Crippen molar-refractivity contribution in [2.75, 3.05) is 6.61 Å². The number of ether oxygens (including phenoxy) is 1. The molecule has 1 aliphatic rings. The average molecular weight is 246 g/mol. The van der Waals surface area contributed by atoms with E-state index in [-0.39, 0.29) is 0 Å². The predicted octanol–water partition coefficient (Wildman–Crippen LogP) is 3.27. The number of hydrogen-bond acceptors (Lipinski definition) is 2. The van der Waals surface area contributed by atoms with Crippen LogP contribution in [0.4, 0.5) is 0 Å². The van der Waals surface area contributed by atoms with E-state index in [2.05, 4.69) is 0 Å². The molecule has 0 amide bonds. The molecule has 1 aromatic rings. The lowest BCUT2D eigenvalue weighted by Crippen LogP contribution is -2.19. The molecule has 3 heteroatoms. The van der Waals surface area contributed by atoms with E-state index in [1.807, 2.05) is 25.1 Å². The van der Waals surface area contributed by atoms with E-state index in [4.69, 9.17) is 9.84 Å². The summed E-state index contributed by atoms with van der Waals surface area (Å²) in [5.41, 5.74) is 1.94.